The summed E-state index contributed by atoms with van der Waals surface area (Å²) in [5, 5.41) is 5.62. The number of hydrogen-bond donors (Lipinski definition) is 3. The molecule has 4 N–H and O–H groups in total. The maximum atomic E-state index is 11.4. The van der Waals surface area contributed by atoms with Crippen molar-refractivity contribution in [2.45, 2.75) is 25.7 Å². The maximum Gasteiger partial charge on any atom is 0.242 e. The number of amides is 1. The number of aryl methyl sites for hydroxylation is 1. The second-order valence-electron chi connectivity index (χ2n) is 4.96. The van der Waals surface area contributed by atoms with Crippen molar-refractivity contribution in [2.75, 3.05) is 18.4 Å². The van der Waals surface area contributed by atoms with Gasteiger partial charge in [-0.2, -0.15) is 0 Å². The quantitative estimate of drug-likeness (QED) is 0.305. The van der Waals surface area contributed by atoms with Gasteiger partial charge in [0, 0.05) is 5.69 Å². The molecule has 6 heteroatoms. The van der Waals surface area contributed by atoms with Crippen LogP contribution in [0.15, 0.2) is 23.2 Å². The van der Waals surface area contributed by atoms with Gasteiger partial charge in [0.15, 0.2) is 5.96 Å². The number of benzene rings is 1. The molecule has 0 spiro atoms. The molecule has 0 saturated carbocycles. The number of nitrogens with two attached hydrogens (primary N) is 1. The highest BCUT2D eigenvalue weighted by Gasteiger charge is 2.13. The second-order valence-corrected chi connectivity index (χ2v) is 4.96. The highest BCUT2D eigenvalue weighted by Crippen LogP contribution is 2.27. The van der Waals surface area contributed by atoms with Gasteiger partial charge in [-0.15, -0.1) is 30.4 Å². The molecule has 0 bridgehead atoms. The van der Waals surface area contributed by atoms with E-state index in [9.17, 15) is 4.79 Å². The Kier molecular flexibility index (Phi) is 7.74. The number of halogens is 1. The molecule has 2 rings (SSSR count). The van der Waals surface area contributed by atoms with Crippen LogP contribution in [0.25, 0.3) is 0 Å². The van der Waals surface area contributed by atoms with Crippen LogP contribution >= 0.6 is 24.0 Å². The summed E-state index contributed by atoms with van der Waals surface area (Å²) < 4.78 is 0. The molecule has 0 aromatic heterocycles. The molecule has 0 fully saturated rings. The minimum absolute atomic E-state index is 0. The van der Waals surface area contributed by atoms with Crippen molar-refractivity contribution in [2.24, 2.45) is 10.7 Å². The van der Waals surface area contributed by atoms with E-state index in [1.54, 1.807) is 0 Å². The Morgan fingerprint density at radius 2 is 2.14 bits per heavy atom. The number of guanidine groups is 1. The Bertz CT molecular complexity index is 592. The molecule has 1 aliphatic rings. The molecule has 0 atom stereocenters. The number of fused-ring (bicyclic) bond motifs is 1. The van der Waals surface area contributed by atoms with E-state index in [2.05, 4.69) is 27.6 Å². The molecule has 0 unspecified atom stereocenters. The smallest absolute Gasteiger partial charge is 0.242 e. The highest BCUT2D eigenvalue weighted by atomic mass is 127. The summed E-state index contributed by atoms with van der Waals surface area (Å²) in [6.45, 7) is 0.170. The molecule has 0 heterocycles. The summed E-state index contributed by atoms with van der Waals surface area (Å²) in [6.07, 6.45) is 9.64. The van der Waals surface area contributed by atoms with Gasteiger partial charge in [-0.25, -0.2) is 4.99 Å². The van der Waals surface area contributed by atoms with E-state index in [-0.39, 0.29) is 48.9 Å². The van der Waals surface area contributed by atoms with Crippen molar-refractivity contribution in [3.8, 4) is 12.3 Å². The lowest BCUT2D eigenvalue weighted by molar-refractivity contribution is -0.119. The SMILES string of the molecule is C#CCNC(=O)CN=C(N)Nc1cccc2c1CCCC2.I. The summed E-state index contributed by atoms with van der Waals surface area (Å²) in [5.74, 6) is 2.33. The lowest BCUT2D eigenvalue weighted by Gasteiger charge is -2.19. The number of nitrogens with zero attached hydrogens (tertiary/aromatic N) is 1. The lowest BCUT2D eigenvalue weighted by Crippen LogP contribution is -2.29. The standard InChI is InChI=1S/C16H20N4O.HI/c1-2-10-18-15(21)11-19-16(17)20-14-9-5-7-12-6-3-4-8-13(12)14;/h1,5,7,9H,3-4,6,8,10-11H2,(H,18,21)(H3,17,19,20);1H. The normalized spacial score (nSPS) is 13.3. The fourth-order valence-corrected chi connectivity index (χ4v) is 2.44. The molecule has 0 saturated heterocycles. The van der Waals surface area contributed by atoms with Crippen LogP contribution in [0.3, 0.4) is 0 Å². The molecule has 0 aliphatic heterocycles. The number of anilines is 1. The molecule has 0 radical (unpaired) electrons. The first-order valence-corrected chi connectivity index (χ1v) is 7.08. The van der Waals surface area contributed by atoms with Crippen molar-refractivity contribution in [3.05, 3.63) is 29.3 Å². The van der Waals surface area contributed by atoms with Crippen LogP contribution in [0.5, 0.6) is 0 Å². The average molecular weight is 412 g/mol. The first kappa shape index (κ1) is 18.3. The number of terminal acetylenes is 1. The minimum Gasteiger partial charge on any atom is -0.370 e. The van der Waals surface area contributed by atoms with Gasteiger partial charge in [0.25, 0.3) is 0 Å². The monoisotopic (exact) mass is 412 g/mol. The van der Waals surface area contributed by atoms with Gasteiger partial charge >= 0.3 is 0 Å². The molecule has 22 heavy (non-hydrogen) atoms. The third-order valence-electron chi connectivity index (χ3n) is 3.44. The van der Waals surface area contributed by atoms with Crippen LogP contribution in [0, 0.1) is 12.3 Å². The van der Waals surface area contributed by atoms with Crippen molar-refractivity contribution >= 4 is 41.5 Å². The van der Waals surface area contributed by atoms with Gasteiger partial charge in [-0.3, -0.25) is 4.79 Å². The van der Waals surface area contributed by atoms with Crippen molar-refractivity contribution in [1.29, 1.82) is 0 Å². The first-order valence-electron chi connectivity index (χ1n) is 7.08. The summed E-state index contributed by atoms with van der Waals surface area (Å²) in [5.41, 5.74) is 9.49. The topological polar surface area (TPSA) is 79.5 Å². The maximum absolute atomic E-state index is 11.4. The highest BCUT2D eigenvalue weighted by molar-refractivity contribution is 14.0. The van der Waals surface area contributed by atoms with Gasteiger partial charge in [-0.05, 0) is 42.9 Å². The Balaban J connectivity index is 0.00000242. The van der Waals surface area contributed by atoms with E-state index in [4.69, 9.17) is 12.2 Å². The number of rotatable bonds is 4. The molecule has 118 valence electrons. The zero-order chi connectivity index (χ0) is 15.1. The molecular formula is C16H21IN4O. The third kappa shape index (κ3) is 5.22. The Labute approximate surface area is 148 Å². The molecule has 5 nitrogen and oxygen atoms in total. The van der Waals surface area contributed by atoms with E-state index < -0.39 is 0 Å². The van der Waals surface area contributed by atoms with Crippen LogP contribution < -0.4 is 16.4 Å². The number of hydrogen-bond acceptors (Lipinski definition) is 2. The molecular weight excluding hydrogens is 391 g/mol. The Morgan fingerprint density at radius 3 is 2.91 bits per heavy atom. The zero-order valence-corrected chi connectivity index (χ0v) is 14.7. The van der Waals surface area contributed by atoms with E-state index >= 15 is 0 Å². The van der Waals surface area contributed by atoms with Gasteiger partial charge in [0.2, 0.25) is 5.91 Å². The molecule has 1 aromatic carbocycles. The summed E-state index contributed by atoms with van der Waals surface area (Å²) in [6, 6.07) is 6.16. The summed E-state index contributed by atoms with van der Waals surface area (Å²) in [4.78, 5) is 15.4. The molecule has 1 aliphatic carbocycles. The molecule has 1 aromatic rings. The number of aliphatic imine (C=N–C) groups is 1. The van der Waals surface area contributed by atoms with Crippen LogP contribution in [-0.4, -0.2) is 25.0 Å². The second kappa shape index (κ2) is 9.30. The zero-order valence-electron chi connectivity index (χ0n) is 12.4. The minimum atomic E-state index is -0.243. The molecule has 1 amide bonds. The largest absolute Gasteiger partial charge is 0.370 e. The fourth-order valence-electron chi connectivity index (χ4n) is 2.44. The van der Waals surface area contributed by atoms with Crippen molar-refractivity contribution in [1.82, 2.24) is 5.32 Å². The van der Waals surface area contributed by atoms with E-state index in [0.717, 1.165) is 18.5 Å². The van der Waals surface area contributed by atoms with Crippen LogP contribution in [-0.2, 0) is 17.6 Å². The van der Waals surface area contributed by atoms with Gasteiger partial charge in [-0.1, -0.05) is 18.1 Å². The van der Waals surface area contributed by atoms with Crippen LogP contribution in [0.4, 0.5) is 5.69 Å². The van der Waals surface area contributed by atoms with Gasteiger partial charge in [0.1, 0.15) is 6.54 Å². The third-order valence-corrected chi connectivity index (χ3v) is 3.44. The predicted molar refractivity (Wildman–Crippen MR) is 100 cm³/mol. The Morgan fingerprint density at radius 1 is 1.36 bits per heavy atom. The number of carbonyl (C=O) groups excluding carboxylic acids is 1. The van der Waals surface area contributed by atoms with Gasteiger partial charge < -0.3 is 16.4 Å². The predicted octanol–water partition coefficient (Wildman–Crippen LogP) is 1.66. The van der Waals surface area contributed by atoms with Crippen molar-refractivity contribution in [3.63, 3.8) is 0 Å². The van der Waals surface area contributed by atoms with E-state index in [1.165, 1.54) is 24.0 Å². The summed E-state index contributed by atoms with van der Waals surface area (Å²) >= 11 is 0. The number of carbonyl (C=O) groups is 1. The van der Waals surface area contributed by atoms with E-state index in [1.807, 2.05) is 12.1 Å². The van der Waals surface area contributed by atoms with Crippen LogP contribution in [0.2, 0.25) is 0 Å². The summed E-state index contributed by atoms with van der Waals surface area (Å²) in [7, 11) is 0. The fraction of sp³-hybridized carbons (Fsp3) is 0.375. The average Bonchev–Trinajstić information content (AvgIpc) is 2.51. The Hall–Kier alpha value is -1.75. The van der Waals surface area contributed by atoms with E-state index in [0.29, 0.717) is 0 Å². The first-order chi connectivity index (χ1) is 10.2. The lowest BCUT2D eigenvalue weighted by atomic mass is 9.90. The van der Waals surface area contributed by atoms with Crippen LogP contribution in [0.1, 0.15) is 24.0 Å². The van der Waals surface area contributed by atoms with Gasteiger partial charge in [0.05, 0.1) is 6.54 Å². The van der Waals surface area contributed by atoms with Crippen molar-refractivity contribution < 1.29 is 4.79 Å². The number of nitrogens with one attached hydrogen (secondary N) is 2.